The third kappa shape index (κ3) is 3.85. The van der Waals surface area contributed by atoms with Crippen molar-refractivity contribution in [1.29, 1.82) is 0 Å². The molecule has 1 aliphatic rings. The highest BCUT2D eigenvalue weighted by Crippen LogP contribution is 2.35. The average molecular weight is 458 g/mol. The van der Waals surface area contributed by atoms with Crippen LogP contribution < -0.4 is 10.6 Å². The van der Waals surface area contributed by atoms with E-state index >= 15 is 0 Å². The molecule has 1 amide bonds. The van der Waals surface area contributed by atoms with Gasteiger partial charge in [0.25, 0.3) is 0 Å². The van der Waals surface area contributed by atoms with E-state index in [0.717, 1.165) is 23.1 Å². The molecule has 0 radical (unpaired) electrons. The van der Waals surface area contributed by atoms with Crippen LogP contribution in [-0.4, -0.2) is 47.9 Å². The second-order valence-corrected chi connectivity index (χ2v) is 8.17. The fourth-order valence-electron chi connectivity index (χ4n) is 4.02. The molecular weight excluding hydrogens is 437 g/mol. The topological polar surface area (TPSA) is 102 Å². The largest absolute Gasteiger partial charge is 0.435 e. The number of halogens is 3. The Balaban J connectivity index is 1.71. The highest BCUT2D eigenvalue weighted by molar-refractivity contribution is 5.94. The van der Waals surface area contributed by atoms with Crippen molar-refractivity contribution in [1.82, 2.24) is 34.7 Å². The van der Waals surface area contributed by atoms with Gasteiger partial charge in [0.15, 0.2) is 17.2 Å². The second kappa shape index (κ2) is 7.71. The molecule has 33 heavy (non-hydrogen) atoms. The lowest BCUT2D eigenvalue weighted by Crippen LogP contribution is -2.38. The minimum absolute atomic E-state index is 0.125. The Morgan fingerprint density at radius 3 is 2.79 bits per heavy atom. The number of carbonyl (C=O) groups excluding carboxylic acids is 1. The zero-order valence-corrected chi connectivity index (χ0v) is 17.9. The Morgan fingerprint density at radius 1 is 1.18 bits per heavy atom. The van der Waals surface area contributed by atoms with Crippen LogP contribution in [-0.2, 0) is 18.0 Å². The number of aromatic nitrogens is 6. The molecular formula is C21H21F3N8O. The Kier molecular flexibility index (Phi) is 4.94. The molecule has 1 aliphatic heterocycles. The molecule has 172 valence electrons. The molecule has 1 aromatic carbocycles. The van der Waals surface area contributed by atoms with Gasteiger partial charge in [-0.15, -0.1) is 5.10 Å². The number of anilines is 1. The number of hydrogen-bond acceptors (Lipinski definition) is 6. The predicted octanol–water partition coefficient (Wildman–Crippen LogP) is 3.09. The summed E-state index contributed by atoms with van der Waals surface area (Å²) in [6.07, 6.45) is -1.10. The second-order valence-electron chi connectivity index (χ2n) is 8.17. The van der Waals surface area contributed by atoms with Crippen LogP contribution in [0.4, 0.5) is 19.1 Å². The lowest BCUT2D eigenvalue weighted by molar-refractivity contribution is -0.141. The molecule has 4 heterocycles. The molecule has 9 nitrogen and oxygen atoms in total. The van der Waals surface area contributed by atoms with E-state index in [4.69, 9.17) is 0 Å². The van der Waals surface area contributed by atoms with Crippen molar-refractivity contribution in [2.24, 2.45) is 7.05 Å². The summed E-state index contributed by atoms with van der Waals surface area (Å²) in [6.45, 7) is 2.50. The first-order valence-electron chi connectivity index (χ1n) is 10.5. The summed E-state index contributed by atoms with van der Waals surface area (Å²) in [4.78, 5) is 21.5. The van der Waals surface area contributed by atoms with Gasteiger partial charge in [0.05, 0.1) is 11.1 Å². The van der Waals surface area contributed by atoms with Gasteiger partial charge in [-0.1, -0.05) is 11.6 Å². The van der Waals surface area contributed by atoms with Gasteiger partial charge in [0.1, 0.15) is 6.04 Å². The molecule has 4 aromatic rings. The van der Waals surface area contributed by atoms with Gasteiger partial charge >= 0.3 is 6.18 Å². The molecule has 0 aliphatic carbocycles. The number of hydrogen-bond donors (Lipinski definition) is 2. The molecule has 1 fully saturated rings. The Labute approximate surface area is 186 Å². The minimum Gasteiger partial charge on any atom is -0.354 e. The maximum absolute atomic E-state index is 13.6. The summed E-state index contributed by atoms with van der Waals surface area (Å²) in [6, 6.07) is 5.01. The first-order valence-corrected chi connectivity index (χ1v) is 10.5. The number of aryl methyl sites for hydroxylation is 2. The summed E-state index contributed by atoms with van der Waals surface area (Å²) in [5.41, 5.74) is 0.578. The third-order valence-corrected chi connectivity index (χ3v) is 5.60. The SMILES string of the molecule is Cc1ccc2nc(N[C@@H]3CCCCNC3=O)n3nc(-c4cn(C)nc4C(F)(F)F)nc3c2c1. The maximum atomic E-state index is 13.6. The molecule has 1 saturated heterocycles. The van der Waals surface area contributed by atoms with Gasteiger partial charge in [-0.05, 0) is 38.3 Å². The van der Waals surface area contributed by atoms with Gasteiger partial charge in [0.2, 0.25) is 11.9 Å². The lowest BCUT2D eigenvalue weighted by Gasteiger charge is -2.16. The molecule has 0 saturated carbocycles. The standard InChI is InChI=1S/C21H21F3N8O/c1-11-6-7-14-12(9-11)18-28-17(13-10-31(2)29-16(13)21(22,23)24)30-32(18)20(26-14)27-15-5-3-4-8-25-19(15)33/h6-7,9-10,15H,3-5,8H2,1-2H3,(H,25,33)(H,26,27)/t15-/m1/s1. The molecule has 5 rings (SSSR count). The van der Waals surface area contributed by atoms with Crippen LogP contribution in [0, 0.1) is 6.92 Å². The van der Waals surface area contributed by atoms with Crippen molar-refractivity contribution in [3.8, 4) is 11.4 Å². The Bertz CT molecular complexity index is 1370. The van der Waals surface area contributed by atoms with Crippen molar-refractivity contribution in [3.05, 3.63) is 35.7 Å². The van der Waals surface area contributed by atoms with Gasteiger partial charge in [-0.25, -0.2) is 9.97 Å². The van der Waals surface area contributed by atoms with Crippen molar-refractivity contribution in [2.45, 2.75) is 38.4 Å². The molecule has 1 atom stereocenters. The van der Waals surface area contributed by atoms with E-state index in [9.17, 15) is 18.0 Å². The highest BCUT2D eigenvalue weighted by Gasteiger charge is 2.38. The van der Waals surface area contributed by atoms with Crippen LogP contribution in [0.2, 0.25) is 0 Å². The van der Waals surface area contributed by atoms with E-state index in [-0.39, 0.29) is 23.2 Å². The Hall–Kier alpha value is -3.70. The van der Waals surface area contributed by atoms with Crippen molar-refractivity contribution in [2.75, 3.05) is 11.9 Å². The predicted molar refractivity (Wildman–Crippen MR) is 115 cm³/mol. The minimum atomic E-state index is -4.66. The smallest absolute Gasteiger partial charge is 0.354 e. The number of nitrogens with zero attached hydrogens (tertiary/aromatic N) is 6. The average Bonchev–Trinajstić information content (AvgIpc) is 3.31. The third-order valence-electron chi connectivity index (χ3n) is 5.60. The summed E-state index contributed by atoms with van der Waals surface area (Å²) in [5, 5.41) is 14.5. The number of carbonyl (C=O) groups is 1. The Morgan fingerprint density at radius 2 is 2.00 bits per heavy atom. The van der Waals surface area contributed by atoms with Crippen molar-refractivity contribution < 1.29 is 18.0 Å². The van der Waals surface area contributed by atoms with E-state index < -0.39 is 17.9 Å². The first-order chi connectivity index (χ1) is 15.7. The quantitative estimate of drug-likeness (QED) is 0.489. The fourth-order valence-corrected chi connectivity index (χ4v) is 4.02. The van der Waals surface area contributed by atoms with Crippen LogP contribution in [0.15, 0.2) is 24.4 Å². The maximum Gasteiger partial charge on any atom is 0.435 e. The van der Waals surface area contributed by atoms with Crippen LogP contribution in [0.1, 0.15) is 30.5 Å². The monoisotopic (exact) mass is 458 g/mol. The van der Waals surface area contributed by atoms with E-state index in [2.05, 4.69) is 30.8 Å². The highest BCUT2D eigenvalue weighted by atomic mass is 19.4. The number of nitrogens with one attached hydrogen (secondary N) is 2. The van der Waals surface area contributed by atoms with E-state index in [1.165, 1.54) is 17.8 Å². The van der Waals surface area contributed by atoms with E-state index in [1.54, 1.807) is 0 Å². The zero-order valence-electron chi connectivity index (χ0n) is 17.9. The van der Waals surface area contributed by atoms with Crippen LogP contribution >= 0.6 is 0 Å². The van der Waals surface area contributed by atoms with Crippen LogP contribution in [0.3, 0.4) is 0 Å². The lowest BCUT2D eigenvalue weighted by atomic mass is 10.1. The van der Waals surface area contributed by atoms with E-state index in [1.807, 2.05) is 25.1 Å². The number of benzene rings is 1. The molecule has 2 N–H and O–H groups in total. The van der Waals surface area contributed by atoms with E-state index in [0.29, 0.717) is 29.5 Å². The van der Waals surface area contributed by atoms with Gasteiger partial charge in [-0.2, -0.15) is 22.8 Å². The van der Waals surface area contributed by atoms with Gasteiger partial charge in [0, 0.05) is 25.2 Å². The van der Waals surface area contributed by atoms with Gasteiger partial charge in [-0.3, -0.25) is 9.48 Å². The molecule has 12 heteroatoms. The normalized spacial score (nSPS) is 17.4. The summed E-state index contributed by atoms with van der Waals surface area (Å²) < 4.78 is 43.2. The van der Waals surface area contributed by atoms with Crippen molar-refractivity contribution >= 4 is 28.4 Å². The zero-order chi connectivity index (χ0) is 23.3. The number of fused-ring (bicyclic) bond motifs is 3. The molecule has 3 aromatic heterocycles. The van der Waals surface area contributed by atoms with Crippen LogP contribution in [0.25, 0.3) is 27.9 Å². The summed E-state index contributed by atoms with van der Waals surface area (Å²) >= 11 is 0. The first kappa shape index (κ1) is 21.2. The molecule has 0 unspecified atom stereocenters. The van der Waals surface area contributed by atoms with Crippen LogP contribution in [0.5, 0.6) is 0 Å². The van der Waals surface area contributed by atoms with Crippen molar-refractivity contribution in [3.63, 3.8) is 0 Å². The number of rotatable bonds is 3. The summed E-state index contributed by atoms with van der Waals surface area (Å²) in [7, 11) is 1.41. The van der Waals surface area contributed by atoms with Gasteiger partial charge < -0.3 is 10.6 Å². The number of amides is 1. The number of alkyl halides is 3. The summed E-state index contributed by atoms with van der Waals surface area (Å²) in [5.74, 6) is -0.0439. The fraction of sp³-hybridized carbons (Fsp3) is 0.381. The molecule has 0 bridgehead atoms. The molecule has 0 spiro atoms.